The van der Waals surface area contributed by atoms with Crippen LogP contribution in [0.25, 0.3) is 10.9 Å². The van der Waals surface area contributed by atoms with E-state index in [9.17, 15) is 9.59 Å². The van der Waals surface area contributed by atoms with Crippen molar-refractivity contribution in [1.82, 2.24) is 19.9 Å². The van der Waals surface area contributed by atoms with E-state index in [0.717, 1.165) is 61.8 Å². The molecule has 2 N–H and O–H groups in total. The maximum Gasteiger partial charge on any atom is 0.293 e. The number of hydrogen-bond acceptors (Lipinski definition) is 7. The molecule has 1 saturated carbocycles. The SMILES string of the molecule is CNC(=O)COc1cc2cc(Nc3nc(N4CCCC(I)C4)ncc3Cl)ccc2n(C2CCCCC2)c1=O. The van der Waals surface area contributed by atoms with Gasteiger partial charge >= 0.3 is 0 Å². The molecule has 38 heavy (non-hydrogen) atoms. The molecule has 1 amide bonds. The highest BCUT2D eigenvalue weighted by Crippen LogP contribution is 2.33. The highest BCUT2D eigenvalue weighted by molar-refractivity contribution is 14.1. The topological polar surface area (TPSA) is 101 Å². The number of anilines is 3. The molecule has 3 aromatic rings. The molecule has 1 unspecified atom stereocenters. The molecule has 11 heteroatoms. The van der Waals surface area contributed by atoms with E-state index < -0.39 is 0 Å². The largest absolute Gasteiger partial charge is 0.478 e. The van der Waals surface area contributed by atoms with Gasteiger partial charge in [0.2, 0.25) is 5.95 Å². The summed E-state index contributed by atoms with van der Waals surface area (Å²) in [5, 5.41) is 7.14. The summed E-state index contributed by atoms with van der Waals surface area (Å²) in [5.74, 6) is 1.07. The van der Waals surface area contributed by atoms with Crippen molar-refractivity contribution in [3.8, 4) is 5.75 Å². The van der Waals surface area contributed by atoms with Crippen LogP contribution >= 0.6 is 34.2 Å². The zero-order valence-electron chi connectivity index (χ0n) is 21.4. The van der Waals surface area contributed by atoms with Gasteiger partial charge in [-0.3, -0.25) is 9.59 Å². The van der Waals surface area contributed by atoms with Gasteiger partial charge in [-0.05, 0) is 49.9 Å². The van der Waals surface area contributed by atoms with Gasteiger partial charge in [-0.15, -0.1) is 0 Å². The fourth-order valence-corrected chi connectivity index (χ4v) is 6.31. The van der Waals surface area contributed by atoms with Crippen LogP contribution in [-0.4, -0.2) is 51.1 Å². The molecule has 1 aliphatic carbocycles. The number of ether oxygens (including phenoxy) is 1. The Bertz CT molecular complexity index is 1380. The van der Waals surface area contributed by atoms with E-state index in [2.05, 4.69) is 43.1 Å². The second kappa shape index (κ2) is 12.1. The molecule has 2 aromatic heterocycles. The molecule has 2 aliphatic rings. The molecule has 202 valence electrons. The lowest BCUT2D eigenvalue weighted by Crippen LogP contribution is -2.36. The first-order chi connectivity index (χ1) is 18.4. The van der Waals surface area contributed by atoms with Crippen molar-refractivity contribution in [1.29, 1.82) is 0 Å². The summed E-state index contributed by atoms with van der Waals surface area (Å²) in [6, 6.07) is 7.67. The fourth-order valence-electron chi connectivity index (χ4n) is 5.26. The minimum atomic E-state index is -0.291. The van der Waals surface area contributed by atoms with Crippen LogP contribution in [0.15, 0.2) is 35.3 Å². The molecule has 1 saturated heterocycles. The van der Waals surface area contributed by atoms with Gasteiger partial charge in [-0.2, -0.15) is 4.98 Å². The molecule has 3 heterocycles. The van der Waals surface area contributed by atoms with E-state index in [-0.39, 0.29) is 29.9 Å². The Labute approximate surface area is 240 Å². The molecule has 0 radical (unpaired) electrons. The van der Waals surface area contributed by atoms with Crippen LogP contribution < -0.4 is 25.8 Å². The van der Waals surface area contributed by atoms with E-state index in [4.69, 9.17) is 21.3 Å². The zero-order chi connectivity index (χ0) is 26.6. The number of hydrogen-bond donors (Lipinski definition) is 2. The highest BCUT2D eigenvalue weighted by Gasteiger charge is 2.23. The van der Waals surface area contributed by atoms with Gasteiger partial charge in [-0.25, -0.2) is 4.98 Å². The number of piperidine rings is 1. The van der Waals surface area contributed by atoms with Gasteiger partial charge in [0.25, 0.3) is 11.5 Å². The molecule has 1 aliphatic heterocycles. The second-order valence-electron chi connectivity index (χ2n) is 9.89. The van der Waals surface area contributed by atoms with Crippen molar-refractivity contribution in [3.63, 3.8) is 0 Å². The number of nitrogens with zero attached hydrogens (tertiary/aromatic N) is 4. The monoisotopic (exact) mass is 650 g/mol. The van der Waals surface area contributed by atoms with E-state index in [1.165, 1.54) is 12.8 Å². The number of fused-ring (bicyclic) bond motifs is 1. The number of amides is 1. The normalized spacial score (nSPS) is 18.4. The molecular formula is C27H32ClIN6O3. The molecule has 1 aromatic carbocycles. The Morgan fingerprint density at radius 3 is 2.76 bits per heavy atom. The van der Waals surface area contributed by atoms with Crippen molar-refractivity contribution in [2.45, 2.75) is 54.9 Å². The quantitative estimate of drug-likeness (QED) is 0.267. The van der Waals surface area contributed by atoms with Crippen LogP contribution in [0, 0.1) is 0 Å². The number of likely N-dealkylation sites (N-methyl/N-ethyl adjacent to an activating group) is 1. The summed E-state index contributed by atoms with van der Waals surface area (Å²) < 4.78 is 8.10. The Kier molecular flexibility index (Phi) is 8.57. The third-order valence-electron chi connectivity index (χ3n) is 7.22. The lowest BCUT2D eigenvalue weighted by molar-refractivity contribution is -0.122. The van der Waals surface area contributed by atoms with Crippen molar-refractivity contribution in [2.75, 3.05) is 37.0 Å². The lowest BCUT2D eigenvalue weighted by Gasteiger charge is -2.30. The third kappa shape index (κ3) is 6.01. The first-order valence-corrected chi connectivity index (χ1v) is 14.8. The van der Waals surface area contributed by atoms with E-state index in [1.54, 1.807) is 19.3 Å². The zero-order valence-corrected chi connectivity index (χ0v) is 24.3. The van der Waals surface area contributed by atoms with Crippen LogP contribution in [0.1, 0.15) is 51.0 Å². The van der Waals surface area contributed by atoms with Crippen molar-refractivity contribution in [3.05, 3.63) is 45.8 Å². The molecule has 0 bridgehead atoms. The first-order valence-electron chi connectivity index (χ1n) is 13.1. The van der Waals surface area contributed by atoms with Crippen molar-refractivity contribution in [2.24, 2.45) is 0 Å². The van der Waals surface area contributed by atoms with Crippen molar-refractivity contribution < 1.29 is 9.53 Å². The molecule has 9 nitrogen and oxygen atoms in total. The average Bonchev–Trinajstić information content (AvgIpc) is 2.93. The second-order valence-corrected chi connectivity index (χ2v) is 12.1. The minimum absolute atomic E-state index is 0.103. The summed E-state index contributed by atoms with van der Waals surface area (Å²) >= 11 is 8.96. The van der Waals surface area contributed by atoms with Crippen LogP contribution in [-0.2, 0) is 4.79 Å². The summed E-state index contributed by atoms with van der Waals surface area (Å²) in [7, 11) is 1.54. The summed E-state index contributed by atoms with van der Waals surface area (Å²) in [5.41, 5.74) is 1.42. The van der Waals surface area contributed by atoms with Gasteiger partial charge in [0.1, 0.15) is 5.02 Å². The maximum atomic E-state index is 13.5. The minimum Gasteiger partial charge on any atom is -0.478 e. The molecule has 2 fully saturated rings. The number of pyridine rings is 1. The molecule has 5 rings (SSSR count). The van der Waals surface area contributed by atoms with Crippen LogP contribution in [0.4, 0.5) is 17.5 Å². The average molecular weight is 651 g/mol. The predicted octanol–water partition coefficient (Wildman–Crippen LogP) is 5.22. The maximum absolute atomic E-state index is 13.5. The number of rotatable bonds is 7. The Hall–Kier alpha value is -2.60. The number of benzene rings is 1. The molecular weight excluding hydrogens is 619 g/mol. The first kappa shape index (κ1) is 27.0. The van der Waals surface area contributed by atoms with Gasteiger partial charge in [0.15, 0.2) is 18.2 Å². The number of carbonyl (C=O) groups is 1. The number of carbonyl (C=O) groups excluding carboxylic acids is 1. The third-order valence-corrected chi connectivity index (χ3v) is 8.51. The van der Waals surface area contributed by atoms with E-state index >= 15 is 0 Å². The van der Waals surface area contributed by atoms with Gasteiger partial charge in [-0.1, -0.05) is 53.5 Å². The van der Waals surface area contributed by atoms with Gasteiger partial charge < -0.3 is 24.8 Å². The fraction of sp³-hybridized carbons (Fsp3) is 0.481. The smallest absolute Gasteiger partial charge is 0.293 e. The summed E-state index contributed by atoms with van der Waals surface area (Å²) in [4.78, 5) is 36.7. The summed E-state index contributed by atoms with van der Waals surface area (Å²) in [6.07, 6.45) is 9.20. The standard InChI is InChI=1S/C27H32ClIN6O3/c1-30-24(36)16-38-23-13-17-12-19(9-10-22(17)35(26(23)37)20-7-3-2-4-8-20)32-25-21(28)14-31-27(33-25)34-11-5-6-18(29)15-34/h9-10,12-14,18,20H,2-8,11,15-16H2,1H3,(H,30,36)(H,31,32,33). The summed E-state index contributed by atoms with van der Waals surface area (Å²) in [6.45, 7) is 1.62. The number of halogens is 2. The Morgan fingerprint density at radius 1 is 1.18 bits per heavy atom. The molecule has 1 atom stereocenters. The number of nitrogens with one attached hydrogen (secondary N) is 2. The predicted molar refractivity (Wildman–Crippen MR) is 159 cm³/mol. The van der Waals surface area contributed by atoms with E-state index in [1.807, 2.05) is 22.8 Å². The van der Waals surface area contributed by atoms with E-state index in [0.29, 0.717) is 20.7 Å². The van der Waals surface area contributed by atoms with Crippen LogP contribution in [0.3, 0.4) is 0 Å². The Morgan fingerprint density at radius 2 is 2.00 bits per heavy atom. The van der Waals surface area contributed by atoms with Crippen LogP contribution in [0.2, 0.25) is 5.02 Å². The van der Waals surface area contributed by atoms with Gasteiger partial charge in [0, 0.05) is 41.2 Å². The Balaban J connectivity index is 1.49. The van der Waals surface area contributed by atoms with Crippen LogP contribution in [0.5, 0.6) is 5.75 Å². The molecule has 0 spiro atoms. The number of aromatic nitrogens is 3. The highest BCUT2D eigenvalue weighted by atomic mass is 127. The van der Waals surface area contributed by atoms with Crippen molar-refractivity contribution >= 4 is 68.5 Å². The lowest BCUT2D eigenvalue weighted by atomic mass is 9.94. The van der Waals surface area contributed by atoms with Gasteiger partial charge in [0.05, 0.1) is 11.7 Å². The number of alkyl halides is 1.